The number of rotatable bonds is 9. The standard InChI is InChI=1S/C29H39FN4O/c1-2-35-29-8-4-3-7-28(29)34-18-16-33(17-19-34)15-5-6-24(22-11-13-31-14-12-22)26-21-32-27-10-9-23(30)20-25(26)27/h3-4,7-10,20-22,24,31-32H,2,5-6,11-19H2,1H3. The lowest BCUT2D eigenvalue weighted by Gasteiger charge is -2.37. The predicted molar refractivity (Wildman–Crippen MR) is 142 cm³/mol. The smallest absolute Gasteiger partial charge is 0.142 e. The van der Waals surface area contributed by atoms with Crippen LogP contribution in [0, 0.1) is 11.7 Å². The summed E-state index contributed by atoms with van der Waals surface area (Å²) in [6.45, 7) is 10.3. The van der Waals surface area contributed by atoms with Crippen LogP contribution in [0.3, 0.4) is 0 Å². The molecule has 1 aromatic heterocycles. The van der Waals surface area contributed by atoms with E-state index < -0.39 is 0 Å². The van der Waals surface area contributed by atoms with Crippen molar-refractivity contribution < 1.29 is 9.13 Å². The SMILES string of the molecule is CCOc1ccccc1N1CCN(CCCC(c2c[nH]c3ccc(F)cc23)C2CCNCC2)CC1. The number of benzene rings is 2. The number of anilines is 1. The molecule has 35 heavy (non-hydrogen) atoms. The van der Waals surface area contributed by atoms with Crippen LogP contribution in [-0.2, 0) is 0 Å². The third-order valence-corrected chi connectivity index (χ3v) is 7.90. The molecule has 0 amide bonds. The Balaban J connectivity index is 1.20. The minimum atomic E-state index is -0.147. The summed E-state index contributed by atoms with van der Waals surface area (Å²) in [5.74, 6) is 1.98. The number of aromatic nitrogens is 1. The number of ether oxygens (including phenoxy) is 1. The van der Waals surface area contributed by atoms with Gasteiger partial charge in [0.2, 0.25) is 0 Å². The Labute approximate surface area is 208 Å². The number of nitrogens with one attached hydrogen (secondary N) is 2. The number of piperidine rings is 1. The van der Waals surface area contributed by atoms with Crippen molar-refractivity contribution in [1.82, 2.24) is 15.2 Å². The zero-order valence-corrected chi connectivity index (χ0v) is 20.9. The number of H-pyrrole nitrogens is 1. The summed E-state index contributed by atoms with van der Waals surface area (Å²) in [5.41, 5.74) is 3.57. The van der Waals surface area contributed by atoms with Gasteiger partial charge < -0.3 is 19.9 Å². The zero-order chi connectivity index (χ0) is 24.0. The van der Waals surface area contributed by atoms with E-state index in [-0.39, 0.29) is 5.82 Å². The Hall–Kier alpha value is -2.57. The topological polar surface area (TPSA) is 43.5 Å². The number of hydrogen-bond donors (Lipinski definition) is 2. The Bertz CT molecular complexity index is 1090. The van der Waals surface area contributed by atoms with E-state index >= 15 is 0 Å². The second-order valence-corrected chi connectivity index (χ2v) is 10.00. The van der Waals surface area contributed by atoms with Crippen molar-refractivity contribution in [1.29, 1.82) is 0 Å². The number of aromatic amines is 1. The lowest BCUT2D eigenvalue weighted by atomic mass is 9.78. The fourth-order valence-corrected chi connectivity index (χ4v) is 6.06. The van der Waals surface area contributed by atoms with Crippen LogP contribution in [0.15, 0.2) is 48.7 Å². The zero-order valence-electron chi connectivity index (χ0n) is 20.9. The Morgan fingerprint density at radius 2 is 1.86 bits per heavy atom. The number of hydrogen-bond acceptors (Lipinski definition) is 4. The van der Waals surface area contributed by atoms with Gasteiger partial charge in [-0.15, -0.1) is 0 Å². The molecule has 0 bridgehead atoms. The molecule has 3 heterocycles. The first-order valence-electron chi connectivity index (χ1n) is 13.4. The molecule has 0 aliphatic carbocycles. The monoisotopic (exact) mass is 478 g/mol. The van der Waals surface area contributed by atoms with Gasteiger partial charge in [-0.2, -0.15) is 0 Å². The van der Waals surface area contributed by atoms with Crippen LogP contribution in [0.5, 0.6) is 5.75 Å². The second kappa shape index (κ2) is 11.4. The number of piperazine rings is 1. The Morgan fingerprint density at radius 3 is 2.66 bits per heavy atom. The van der Waals surface area contributed by atoms with Crippen molar-refractivity contribution >= 4 is 16.6 Å². The minimum Gasteiger partial charge on any atom is -0.492 e. The Morgan fingerprint density at radius 1 is 1.06 bits per heavy atom. The average molecular weight is 479 g/mol. The highest BCUT2D eigenvalue weighted by atomic mass is 19.1. The van der Waals surface area contributed by atoms with Crippen LogP contribution >= 0.6 is 0 Å². The van der Waals surface area contributed by atoms with Crippen LogP contribution in [-0.4, -0.2) is 62.3 Å². The van der Waals surface area contributed by atoms with Crippen molar-refractivity contribution in [2.45, 2.75) is 38.5 Å². The molecular weight excluding hydrogens is 439 g/mol. The Kier molecular flexibility index (Phi) is 7.89. The lowest BCUT2D eigenvalue weighted by Crippen LogP contribution is -2.46. The van der Waals surface area contributed by atoms with Gasteiger partial charge in [-0.1, -0.05) is 12.1 Å². The van der Waals surface area contributed by atoms with Crippen molar-refractivity contribution in [2.24, 2.45) is 5.92 Å². The molecule has 1 atom stereocenters. The molecule has 6 heteroatoms. The summed E-state index contributed by atoms with van der Waals surface area (Å²) in [6, 6.07) is 13.5. The van der Waals surface area contributed by atoms with E-state index in [1.165, 1.54) is 30.5 Å². The molecule has 5 nitrogen and oxygen atoms in total. The van der Waals surface area contributed by atoms with E-state index in [1.807, 2.05) is 19.1 Å². The molecule has 2 saturated heterocycles. The predicted octanol–water partition coefficient (Wildman–Crippen LogP) is 5.39. The fourth-order valence-electron chi connectivity index (χ4n) is 6.06. The maximum Gasteiger partial charge on any atom is 0.142 e. The first-order valence-corrected chi connectivity index (χ1v) is 13.4. The van der Waals surface area contributed by atoms with Crippen molar-refractivity contribution in [3.8, 4) is 5.75 Å². The molecule has 1 unspecified atom stereocenters. The molecular formula is C29H39FN4O. The third-order valence-electron chi connectivity index (χ3n) is 7.90. The molecule has 5 rings (SSSR count). The molecule has 0 saturated carbocycles. The summed E-state index contributed by atoms with van der Waals surface area (Å²) in [7, 11) is 0. The van der Waals surface area contributed by atoms with E-state index in [1.54, 1.807) is 12.1 Å². The summed E-state index contributed by atoms with van der Waals surface area (Å²) < 4.78 is 19.9. The minimum absolute atomic E-state index is 0.147. The van der Waals surface area contributed by atoms with Crippen molar-refractivity contribution in [3.63, 3.8) is 0 Å². The van der Waals surface area contributed by atoms with Gasteiger partial charge >= 0.3 is 0 Å². The van der Waals surface area contributed by atoms with Crippen molar-refractivity contribution in [2.75, 3.05) is 57.3 Å². The van der Waals surface area contributed by atoms with Gasteiger partial charge in [-0.05, 0) is 100.0 Å². The van der Waals surface area contributed by atoms with E-state index in [9.17, 15) is 4.39 Å². The van der Waals surface area contributed by atoms with E-state index in [2.05, 4.69) is 44.5 Å². The lowest BCUT2D eigenvalue weighted by molar-refractivity contribution is 0.238. The van der Waals surface area contributed by atoms with Gasteiger partial charge in [0.25, 0.3) is 0 Å². The molecule has 2 aliphatic rings. The van der Waals surface area contributed by atoms with Crippen LogP contribution in [0.25, 0.3) is 10.9 Å². The fraction of sp³-hybridized carbons (Fsp3) is 0.517. The normalized spacial score (nSPS) is 18.7. The highest BCUT2D eigenvalue weighted by Gasteiger charge is 2.27. The van der Waals surface area contributed by atoms with Gasteiger partial charge in [0, 0.05) is 43.3 Å². The molecule has 3 aromatic rings. The van der Waals surface area contributed by atoms with Gasteiger partial charge in [-0.25, -0.2) is 4.39 Å². The molecule has 2 fully saturated rings. The molecule has 2 N–H and O–H groups in total. The van der Waals surface area contributed by atoms with Gasteiger partial charge in [0.05, 0.1) is 12.3 Å². The van der Waals surface area contributed by atoms with Crippen LogP contribution < -0.4 is 15.0 Å². The molecule has 188 valence electrons. The summed E-state index contributed by atoms with van der Waals surface area (Å²) in [6.07, 6.45) is 6.87. The highest BCUT2D eigenvalue weighted by molar-refractivity contribution is 5.83. The second-order valence-electron chi connectivity index (χ2n) is 10.00. The van der Waals surface area contributed by atoms with Crippen LogP contribution in [0.2, 0.25) is 0 Å². The molecule has 0 radical (unpaired) electrons. The van der Waals surface area contributed by atoms with Crippen molar-refractivity contribution in [3.05, 3.63) is 60.0 Å². The van der Waals surface area contributed by atoms with E-state index in [0.29, 0.717) is 18.4 Å². The maximum absolute atomic E-state index is 14.1. The summed E-state index contributed by atoms with van der Waals surface area (Å²) in [5, 5.41) is 4.57. The number of halogens is 1. The summed E-state index contributed by atoms with van der Waals surface area (Å²) >= 11 is 0. The number of para-hydroxylation sites is 2. The largest absolute Gasteiger partial charge is 0.492 e. The average Bonchev–Trinajstić information content (AvgIpc) is 3.31. The first kappa shape index (κ1) is 24.1. The third kappa shape index (κ3) is 5.65. The van der Waals surface area contributed by atoms with Gasteiger partial charge in [-0.3, -0.25) is 4.90 Å². The van der Waals surface area contributed by atoms with Gasteiger partial charge in [0.1, 0.15) is 11.6 Å². The van der Waals surface area contributed by atoms with Gasteiger partial charge in [0.15, 0.2) is 0 Å². The first-order chi connectivity index (χ1) is 17.2. The number of fused-ring (bicyclic) bond motifs is 1. The van der Waals surface area contributed by atoms with Crippen LogP contribution in [0.1, 0.15) is 44.1 Å². The molecule has 2 aromatic carbocycles. The van der Waals surface area contributed by atoms with E-state index in [4.69, 9.17) is 4.74 Å². The highest BCUT2D eigenvalue weighted by Crippen LogP contribution is 2.38. The summed E-state index contributed by atoms with van der Waals surface area (Å²) in [4.78, 5) is 8.46. The van der Waals surface area contributed by atoms with E-state index in [0.717, 1.165) is 68.9 Å². The quantitative estimate of drug-likeness (QED) is 0.433. The molecule has 0 spiro atoms. The maximum atomic E-state index is 14.1. The number of nitrogens with zero attached hydrogens (tertiary/aromatic N) is 2. The molecule has 2 aliphatic heterocycles. The van der Waals surface area contributed by atoms with Crippen LogP contribution in [0.4, 0.5) is 10.1 Å².